The van der Waals surface area contributed by atoms with Gasteiger partial charge in [-0.2, -0.15) is 0 Å². The van der Waals surface area contributed by atoms with Crippen molar-refractivity contribution in [2.24, 2.45) is 0 Å². The quantitative estimate of drug-likeness (QED) is 0.741. The van der Waals surface area contributed by atoms with Gasteiger partial charge in [-0.1, -0.05) is 13.3 Å². The molecule has 1 rings (SSSR count). The van der Waals surface area contributed by atoms with Gasteiger partial charge in [0.15, 0.2) is 9.84 Å². The summed E-state index contributed by atoms with van der Waals surface area (Å²) in [5.74, 6) is 2.63. The van der Waals surface area contributed by atoms with E-state index in [-0.39, 0.29) is 17.3 Å². The topological polar surface area (TPSA) is 46.2 Å². The van der Waals surface area contributed by atoms with Crippen molar-refractivity contribution in [3.63, 3.8) is 0 Å². The van der Waals surface area contributed by atoms with Crippen LogP contribution in [0.2, 0.25) is 0 Å². The van der Waals surface area contributed by atoms with Crippen molar-refractivity contribution < 1.29 is 8.42 Å². The summed E-state index contributed by atoms with van der Waals surface area (Å²) >= 11 is 0. The molecule has 3 nitrogen and oxygen atoms in total. The zero-order chi connectivity index (χ0) is 12.2. The third-order valence-corrected chi connectivity index (χ3v) is 4.97. The molecule has 0 radical (unpaired) electrons. The predicted octanol–water partition coefficient (Wildman–Crippen LogP) is 1.34. The highest BCUT2D eigenvalue weighted by Crippen LogP contribution is 2.25. The van der Waals surface area contributed by atoms with Gasteiger partial charge in [0.1, 0.15) is 0 Å². The van der Waals surface area contributed by atoms with Crippen LogP contribution in [0.25, 0.3) is 0 Å². The van der Waals surface area contributed by atoms with Crippen molar-refractivity contribution in [1.29, 1.82) is 0 Å². The molecule has 4 heteroatoms. The fourth-order valence-corrected chi connectivity index (χ4v) is 3.80. The minimum Gasteiger partial charge on any atom is -0.309 e. The minimum absolute atomic E-state index is 0.0910. The maximum atomic E-state index is 11.6. The number of rotatable bonds is 5. The largest absolute Gasteiger partial charge is 0.309 e. The van der Waals surface area contributed by atoms with Crippen molar-refractivity contribution in [2.45, 2.75) is 56.4 Å². The first-order valence-corrected chi connectivity index (χ1v) is 7.82. The van der Waals surface area contributed by atoms with E-state index in [9.17, 15) is 8.42 Å². The van der Waals surface area contributed by atoms with E-state index < -0.39 is 9.84 Å². The molecule has 0 bridgehead atoms. The van der Waals surface area contributed by atoms with Gasteiger partial charge in [-0.25, -0.2) is 8.42 Å². The van der Waals surface area contributed by atoms with Gasteiger partial charge in [-0.3, -0.25) is 0 Å². The lowest BCUT2D eigenvalue weighted by molar-refractivity contribution is 0.422. The normalized spacial score (nSPS) is 27.6. The second-order valence-electron chi connectivity index (χ2n) is 4.59. The Bertz CT molecular complexity index is 356. The van der Waals surface area contributed by atoms with E-state index in [1.54, 1.807) is 0 Å². The lowest BCUT2D eigenvalue weighted by Gasteiger charge is -2.24. The van der Waals surface area contributed by atoms with Crippen LogP contribution >= 0.6 is 0 Å². The second-order valence-corrected chi connectivity index (χ2v) is 6.85. The van der Waals surface area contributed by atoms with Crippen molar-refractivity contribution in [3.8, 4) is 12.3 Å². The van der Waals surface area contributed by atoms with E-state index in [1.165, 1.54) is 6.26 Å². The number of hydrogen-bond donors (Lipinski definition) is 1. The van der Waals surface area contributed by atoms with Crippen LogP contribution in [0.3, 0.4) is 0 Å². The first-order valence-electron chi connectivity index (χ1n) is 5.87. The van der Waals surface area contributed by atoms with Crippen LogP contribution in [0.4, 0.5) is 0 Å². The molecule has 0 aromatic rings. The molecule has 0 saturated heterocycles. The Morgan fingerprint density at radius 2 is 2.19 bits per heavy atom. The van der Waals surface area contributed by atoms with Crippen molar-refractivity contribution in [2.75, 3.05) is 6.26 Å². The second kappa shape index (κ2) is 5.70. The van der Waals surface area contributed by atoms with E-state index in [0.717, 1.165) is 25.7 Å². The molecule has 0 aliphatic heterocycles. The first kappa shape index (κ1) is 13.5. The zero-order valence-corrected chi connectivity index (χ0v) is 10.9. The summed E-state index contributed by atoms with van der Waals surface area (Å²) in [5, 5.41) is 3.18. The summed E-state index contributed by atoms with van der Waals surface area (Å²) in [4.78, 5) is 0. The number of nitrogens with one attached hydrogen (secondary N) is 1. The van der Waals surface area contributed by atoms with Gasteiger partial charge in [0.2, 0.25) is 0 Å². The lowest BCUT2D eigenvalue weighted by atomic mass is 10.1. The zero-order valence-electron chi connectivity index (χ0n) is 10.1. The van der Waals surface area contributed by atoms with Crippen LogP contribution in [0.15, 0.2) is 0 Å². The molecule has 16 heavy (non-hydrogen) atoms. The Kier molecular flexibility index (Phi) is 4.82. The van der Waals surface area contributed by atoms with Crippen molar-refractivity contribution >= 4 is 9.84 Å². The summed E-state index contributed by atoms with van der Waals surface area (Å²) < 4.78 is 23.2. The summed E-state index contributed by atoms with van der Waals surface area (Å²) in [6.07, 6.45) is 10.9. The molecule has 3 atom stereocenters. The molecule has 1 aliphatic rings. The average Bonchev–Trinajstić information content (AvgIpc) is 2.64. The fourth-order valence-electron chi connectivity index (χ4n) is 2.40. The van der Waals surface area contributed by atoms with Gasteiger partial charge in [0, 0.05) is 24.8 Å². The van der Waals surface area contributed by atoms with E-state index in [0.29, 0.717) is 6.42 Å². The maximum Gasteiger partial charge on any atom is 0.151 e. The Morgan fingerprint density at radius 1 is 1.50 bits per heavy atom. The molecule has 0 amide bonds. The highest BCUT2D eigenvalue weighted by molar-refractivity contribution is 7.91. The van der Waals surface area contributed by atoms with Crippen LogP contribution in [-0.4, -0.2) is 32.0 Å². The highest BCUT2D eigenvalue weighted by Gasteiger charge is 2.35. The van der Waals surface area contributed by atoms with E-state index in [4.69, 9.17) is 6.42 Å². The Morgan fingerprint density at radius 3 is 2.69 bits per heavy atom. The van der Waals surface area contributed by atoms with Crippen molar-refractivity contribution in [1.82, 2.24) is 5.32 Å². The Hall–Kier alpha value is -0.530. The van der Waals surface area contributed by atoms with Crippen LogP contribution in [-0.2, 0) is 9.84 Å². The molecule has 0 heterocycles. The van der Waals surface area contributed by atoms with Crippen LogP contribution in [0.1, 0.15) is 39.0 Å². The SMILES string of the molecule is C#CCC(CC)NC1CCCC1S(C)(=O)=O. The van der Waals surface area contributed by atoms with Gasteiger partial charge in [-0.15, -0.1) is 12.3 Å². The molecule has 1 saturated carbocycles. The van der Waals surface area contributed by atoms with Gasteiger partial charge < -0.3 is 5.32 Å². The molecule has 92 valence electrons. The van der Waals surface area contributed by atoms with Crippen LogP contribution < -0.4 is 5.32 Å². The van der Waals surface area contributed by atoms with Gasteiger partial charge in [0.05, 0.1) is 5.25 Å². The number of sulfone groups is 1. The minimum atomic E-state index is -2.93. The summed E-state index contributed by atoms with van der Waals surface area (Å²) in [6.45, 7) is 2.07. The Labute approximate surface area is 98.9 Å². The van der Waals surface area contributed by atoms with E-state index in [1.807, 2.05) is 0 Å². The number of hydrogen-bond acceptors (Lipinski definition) is 3. The predicted molar refractivity (Wildman–Crippen MR) is 66.9 cm³/mol. The molecular weight excluding hydrogens is 222 g/mol. The van der Waals surface area contributed by atoms with Crippen LogP contribution in [0.5, 0.6) is 0 Å². The summed E-state index contributed by atoms with van der Waals surface area (Å²) in [5.41, 5.74) is 0. The molecular formula is C12H21NO2S. The van der Waals surface area contributed by atoms with Gasteiger partial charge in [0.25, 0.3) is 0 Å². The summed E-state index contributed by atoms with van der Waals surface area (Å²) in [6, 6.07) is 0.339. The molecule has 0 spiro atoms. The summed E-state index contributed by atoms with van der Waals surface area (Å²) in [7, 11) is -2.93. The molecule has 3 unspecified atom stereocenters. The van der Waals surface area contributed by atoms with Gasteiger partial charge >= 0.3 is 0 Å². The highest BCUT2D eigenvalue weighted by atomic mass is 32.2. The molecule has 1 aliphatic carbocycles. The molecule has 0 aromatic carbocycles. The first-order chi connectivity index (χ1) is 7.49. The van der Waals surface area contributed by atoms with E-state index in [2.05, 4.69) is 18.2 Å². The molecule has 0 aromatic heterocycles. The third kappa shape index (κ3) is 3.50. The molecule has 1 N–H and O–H groups in total. The fraction of sp³-hybridized carbons (Fsp3) is 0.833. The monoisotopic (exact) mass is 243 g/mol. The number of terminal acetylenes is 1. The van der Waals surface area contributed by atoms with E-state index >= 15 is 0 Å². The van der Waals surface area contributed by atoms with Crippen molar-refractivity contribution in [3.05, 3.63) is 0 Å². The third-order valence-electron chi connectivity index (χ3n) is 3.31. The molecule has 1 fully saturated rings. The maximum absolute atomic E-state index is 11.6. The van der Waals surface area contributed by atoms with Crippen LogP contribution in [0, 0.1) is 12.3 Å². The lowest BCUT2D eigenvalue weighted by Crippen LogP contribution is -2.44. The smallest absolute Gasteiger partial charge is 0.151 e. The van der Waals surface area contributed by atoms with Gasteiger partial charge in [-0.05, 0) is 19.3 Å². The standard InChI is InChI=1S/C12H21NO2S/c1-4-7-10(5-2)13-11-8-6-9-12(11)16(3,14)15/h1,10-13H,5-9H2,2-3H3. The Balaban J connectivity index is 2.63. The average molecular weight is 243 g/mol.